The summed E-state index contributed by atoms with van der Waals surface area (Å²) in [5, 5.41) is 1.96. The zero-order chi connectivity index (χ0) is 17.8. The number of esters is 2. The van der Waals surface area contributed by atoms with Gasteiger partial charge in [0.1, 0.15) is 9.65 Å². The van der Waals surface area contributed by atoms with Crippen molar-refractivity contribution in [2.75, 3.05) is 0 Å². The maximum absolute atomic E-state index is 12.4. The van der Waals surface area contributed by atoms with Crippen LogP contribution in [0, 0.1) is 0 Å². The minimum atomic E-state index is -0.724. The molecule has 126 valence electrons. The molecule has 25 heavy (non-hydrogen) atoms. The van der Waals surface area contributed by atoms with Crippen molar-refractivity contribution in [1.82, 2.24) is 0 Å². The number of carbonyl (C=O) groups excluding carboxylic acids is 2. The molecule has 0 saturated carbocycles. The van der Waals surface area contributed by atoms with Gasteiger partial charge in [0.05, 0.1) is 0 Å². The maximum Gasteiger partial charge on any atom is 0.331 e. The van der Waals surface area contributed by atoms with Crippen molar-refractivity contribution >= 4 is 54.6 Å². The molecule has 3 aromatic carbocycles. The predicted molar refractivity (Wildman–Crippen MR) is 105 cm³/mol. The summed E-state index contributed by atoms with van der Waals surface area (Å²) in [5.41, 5.74) is 1.50. The molecule has 2 unspecified atom stereocenters. The van der Waals surface area contributed by atoms with E-state index in [9.17, 15) is 9.59 Å². The number of rotatable bonds is 4. The van der Waals surface area contributed by atoms with E-state index in [1.165, 1.54) is 0 Å². The second-order valence-electron chi connectivity index (χ2n) is 5.44. The zero-order valence-electron chi connectivity index (χ0n) is 13.1. The molecule has 0 N–H and O–H groups in total. The largest absolute Gasteiger partial charge is 0.391 e. The lowest BCUT2D eigenvalue weighted by Gasteiger charge is -2.14. The van der Waals surface area contributed by atoms with Crippen LogP contribution in [0.4, 0.5) is 0 Å². The van der Waals surface area contributed by atoms with Crippen molar-refractivity contribution in [3.05, 3.63) is 83.9 Å². The first-order valence-electron chi connectivity index (χ1n) is 7.64. The summed E-state index contributed by atoms with van der Waals surface area (Å²) >= 11 is 6.65. The highest BCUT2D eigenvalue weighted by molar-refractivity contribution is 9.09. The third-order valence-electron chi connectivity index (χ3n) is 3.80. The van der Waals surface area contributed by atoms with Gasteiger partial charge in [0.25, 0.3) is 0 Å². The van der Waals surface area contributed by atoms with Gasteiger partial charge >= 0.3 is 11.9 Å². The number of hydrogen-bond acceptors (Lipinski definition) is 3. The van der Waals surface area contributed by atoms with Gasteiger partial charge in [0, 0.05) is 0 Å². The van der Waals surface area contributed by atoms with Crippen LogP contribution < -0.4 is 0 Å². The molecule has 2 atom stereocenters. The first kappa shape index (κ1) is 17.8. The van der Waals surface area contributed by atoms with E-state index in [0.29, 0.717) is 0 Å². The summed E-state index contributed by atoms with van der Waals surface area (Å²) < 4.78 is 5.06. The Morgan fingerprint density at radius 2 is 1.32 bits per heavy atom. The van der Waals surface area contributed by atoms with Crippen LogP contribution in [0.5, 0.6) is 0 Å². The van der Waals surface area contributed by atoms with Crippen LogP contribution >= 0.6 is 31.9 Å². The highest BCUT2D eigenvalue weighted by atomic mass is 79.9. The molecule has 0 bridgehead atoms. The van der Waals surface area contributed by atoms with Gasteiger partial charge in [-0.15, -0.1) is 0 Å². The summed E-state index contributed by atoms with van der Waals surface area (Å²) in [4.78, 5) is 23.3. The van der Waals surface area contributed by atoms with Gasteiger partial charge in [-0.1, -0.05) is 105 Å². The molecule has 0 saturated heterocycles. The Labute approximate surface area is 162 Å². The molecular formula is C20H14Br2O3. The minimum Gasteiger partial charge on any atom is -0.391 e. The second-order valence-corrected chi connectivity index (χ2v) is 7.28. The summed E-state index contributed by atoms with van der Waals surface area (Å²) in [6.07, 6.45) is 0. The molecule has 0 aliphatic heterocycles. The molecule has 0 fully saturated rings. The smallest absolute Gasteiger partial charge is 0.331 e. The number of alkyl halides is 2. The normalized spacial score (nSPS) is 13.2. The van der Waals surface area contributed by atoms with Gasteiger partial charge in [0.15, 0.2) is 0 Å². The molecule has 3 aromatic rings. The fourth-order valence-electron chi connectivity index (χ4n) is 2.56. The molecule has 3 nitrogen and oxygen atoms in total. The van der Waals surface area contributed by atoms with Gasteiger partial charge in [-0.3, -0.25) is 0 Å². The third-order valence-corrected chi connectivity index (χ3v) is 5.57. The van der Waals surface area contributed by atoms with Crippen LogP contribution in [0.1, 0.15) is 20.8 Å². The van der Waals surface area contributed by atoms with Crippen LogP contribution in [0.3, 0.4) is 0 Å². The molecule has 0 heterocycles. The fourth-order valence-corrected chi connectivity index (χ4v) is 3.45. The SMILES string of the molecule is O=C(OC(=O)C(Br)c1cccc2ccccc12)C(Br)c1ccccc1. The van der Waals surface area contributed by atoms with E-state index in [1.54, 1.807) is 12.1 Å². The minimum absolute atomic E-state index is 0.637. The third kappa shape index (κ3) is 3.99. The number of fused-ring (bicyclic) bond motifs is 1. The summed E-state index contributed by atoms with van der Waals surface area (Å²) in [6, 6.07) is 22.5. The number of ether oxygens (including phenoxy) is 1. The molecule has 0 aliphatic carbocycles. The quantitative estimate of drug-likeness (QED) is 0.293. The van der Waals surface area contributed by atoms with Gasteiger partial charge < -0.3 is 4.74 Å². The maximum atomic E-state index is 12.4. The molecule has 0 amide bonds. The highest BCUT2D eigenvalue weighted by Crippen LogP contribution is 2.32. The molecule has 0 aromatic heterocycles. The average molecular weight is 462 g/mol. The predicted octanol–water partition coefficient (Wildman–Crippen LogP) is 5.48. The van der Waals surface area contributed by atoms with Crippen molar-refractivity contribution in [2.24, 2.45) is 0 Å². The van der Waals surface area contributed by atoms with Gasteiger partial charge in [-0.05, 0) is 21.9 Å². The molecular weight excluding hydrogens is 448 g/mol. The number of carbonyl (C=O) groups is 2. The number of benzene rings is 3. The van der Waals surface area contributed by atoms with Crippen molar-refractivity contribution < 1.29 is 14.3 Å². The molecule has 0 spiro atoms. The zero-order valence-corrected chi connectivity index (χ0v) is 16.2. The fraction of sp³-hybridized carbons (Fsp3) is 0.100. The Morgan fingerprint density at radius 1 is 0.720 bits per heavy atom. The standard InChI is InChI=1S/C20H14Br2O3/c21-17(14-8-2-1-3-9-14)19(23)25-20(24)18(22)16-12-6-10-13-7-4-5-11-15(13)16/h1-12,17-18H. The first-order chi connectivity index (χ1) is 12.1. The number of halogens is 2. The lowest BCUT2D eigenvalue weighted by Crippen LogP contribution is -2.19. The van der Waals surface area contributed by atoms with Crippen molar-refractivity contribution in [1.29, 1.82) is 0 Å². The van der Waals surface area contributed by atoms with Crippen LogP contribution in [-0.2, 0) is 14.3 Å². The highest BCUT2D eigenvalue weighted by Gasteiger charge is 2.27. The molecule has 0 radical (unpaired) electrons. The Bertz CT molecular complexity index is 904. The van der Waals surface area contributed by atoms with Crippen molar-refractivity contribution in [2.45, 2.75) is 9.65 Å². The van der Waals surface area contributed by atoms with Crippen molar-refractivity contribution in [3.8, 4) is 0 Å². The van der Waals surface area contributed by atoms with Gasteiger partial charge in [-0.25, -0.2) is 9.59 Å². The van der Waals surface area contributed by atoms with E-state index < -0.39 is 21.6 Å². The Balaban J connectivity index is 1.77. The molecule has 5 heteroatoms. The van der Waals surface area contributed by atoms with Crippen molar-refractivity contribution in [3.63, 3.8) is 0 Å². The van der Waals surface area contributed by atoms with E-state index in [2.05, 4.69) is 31.9 Å². The summed E-state index contributed by atoms with van der Waals surface area (Å²) in [7, 11) is 0. The van der Waals surface area contributed by atoms with E-state index >= 15 is 0 Å². The monoisotopic (exact) mass is 460 g/mol. The lowest BCUT2D eigenvalue weighted by atomic mass is 10.0. The molecule has 0 aliphatic rings. The van der Waals surface area contributed by atoms with E-state index in [-0.39, 0.29) is 0 Å². The first-order valence-corrected chi connectivity index (χ1v) is 9.47. The van der Waals surface area contributed by atoms with Crippen LogP contribution in [0.15, 0.2) is 72.8 Å². The van der Waals surface area contributed by atoms with Crippen LogP contribution in [-0.4, -0.2) is 11.9 Å². The second kappa shape index (κ2) is 7.93. The van der Waals surface area contributed by atoms with Crippen LogP contribution in [0.25, 0.3) is 10.8 Å². The summed E-state index contributed by atoms with van der Waals surface area (Å²) in [5.74, 6) is -1.28. The van der Waals surface area contributed by atoms with E-state index in [4.69, 9.17) is 4.74 Å². The molecule has 3 rings (SSSR count). The Kier molecular flexibility index (Phi) is 5.66. The van der Waals surface area contributed by atoms with E-state index in [1.807, 2.05) is 60.7 Å². The van der Waals surface area contributed by atoms with Crippen LogP contribution in [0.2, 0.25) is 0 Å². The Hall–Kier alpha value is -1.98. The summed E-state index contributed by atoms with van der Waals surface area (Å²) in [6.45, 7) is 0. The topological polar surface area (TPSA) is 43.4 Å². The number of hydrogen-bond donors (Lipinski definition) is 0. The lowest BCUT2D eigenvalue weighted by molar-refractivity contribution is -0.158. The van der Waals surface area contributed by atoms with Gasteiger partial charge in [-0.2, -0.15) is 0 Å². The van der Waals surface area contributed by atoms with Gasteiger partial charge in [0.2, 0.25) is 0 Å². The Morgan fingerprint density at radius 3 is 2.08 bits per heavy atom. The average Bonchev–Trinajstić information content (AvgIpc) is 2.67. The van der Waals surface area contributed by atoms with E-state index in [0.717, 1.165) is 21.9 Å².